The second-order valence-corrected chi connectivity index (χ2v) is 4.49. The summed E-state index contributed by atoms with van der Waals surface area (Å²) in [7, 11) is 4.33. The second kappa shape index (κ2) is 5.61. The van der Waals surface area contributed by atoms with Crippen molar-refractivity contribution in [3.8, 4) is 0 Å². The molecular weight excluding hydrogens is 160 g/mol. The average Bonchev–Trinajstić information content (AvgIpc) is 2.15. The van der Waals surface area contributed by atoms with Crippen LogP contribution in [-0.2, 0) is 0 Å². The molecule has 1 atom stereocenters. The van der Waals surface area contributed by atoms with Crippen molar-refractivity contribution >= 4 is 0 Å². The molecule has 0 N–H and O–H groups in total. The second-order valence-electron chi connectivity index (χ2n) is 4.49. The summed E-state index contributed by atoms with van der Waals surface area (Å²) in [5.74, 6) is 0.955. The van der Waals surface area contributed by atoms with Crippen LogP contribution in [0.3, 0.4) is 0 Å². The van der Waals surface area contributed by atoms with Crippen LogP contribution >= 0.6 is 0 Å². The van der Waals surface area contributed by atoms with Gasteiger partial charge in [-0.3, -0.25) is 0 Å². The lowest BCUT2D eigenvalue weighted by atomic mass is 9.95. The Morgan fingerprint density at radius 2 is 2.15 bits per heavy atom. The van der Waals surface area contributed by atoms with E-state index in [0.717, 1.165) is 5.92 Å². The van der Waals surface area contributed by atoms with E-state index in [9.17, 15) is 0 Å². The predicted molar refractivity (Wildman–Crippen MR) is 58.0 cm³/mol. The predicted octanol–water partition coefficient (Wildman–Crippen LogP) is 1.67. The lowest BCUT2D eigenvalue weighted by molar-refractivity contribution is 0.168. The van der Waals surface area contributed by atoms with Crippen LogP contribution in [0.5, 0.6) is 0 Å². The molecule has 0 spiro atoms. The van der Waals surface area contributed by atoms with E-state index in [-0.39, 0.29) is 0 Å². The summed E-state index contributed by atoms with van der Waals surface area (Å²) in [6, 6.07) is 0. The van der Waals surface area contributed by atoms with Crippen molar-refractivity contribution in [1.82, 2.24) is 9.80 Å². The van der Waals surface area contributed by atoms with Crippen molar-refractivity contribution < 1.29 is 0 Å². The minimum atomic E-state index is 0.955. The third-order valence-corrected chi connectivity index (χ3v) is 3.03. The van der Waals surface area contributed by atoms with Gasteiger partial charge in [0.25, 0.3) is 0 Å². The highest BCUT2D eigenvalue weighted by atomic mass is 15.1. The van der Waals surface area contributed by atoms with Crippen LogP contribution in [0.15, 0.2) is 0 Å². The van der Waals surface area contributed by atoms with Crippen molar-refractivity contribution in [2.45, 2.75) is 26.2 Å². The van der Waals surface area contributed by atoms with E-state index in [0.29, 0.717) is 0 Å². The lowest BCUT2D eigenvalue weighted by Gasteiger charge is -2.32. The number of piperidine rings is 1. The molecule has 0 aromatic rings. The quantitative estimate of drug-likeness (QED) is 0.656. The first-order valence-corrected chi connectivity index (χ1v) is 5.59. The Labute approximate surface area is 82.9 Å². The molecule has 1 heterocycles. The maximum atomic E-state index is 2.59. The maximum Gasteiger partial charge on any atom is 0.00100 e. The first kappa shape index (κ1) is 11.0. The molecular formula is C11H24N2. The smallest absolute Gasteiger partial charge is 0.00100 e. The Morgan fingerprint density at radius 1 is 1.38 bits per heavy atom. The van der Waals surface area contributed by atoms with Crippen LogP contribution in [-0.4, -0.2) is 50.1 Å². The van der Waals surface area contributed by atoms with Gasteiger partial charge < -0.3 is 9.80 Å². The van der Waals surface area contributed by atoms with Gasteiger partial charge in [0, 0.05) is 6.54 Å². The van der Waals surface area contributed by atoms with Crippen LogP contribution < -0.4 is 0 Å². The Morgan fingerprint density at radius 3 is 2.77 bits per heavy atom. The van der Waals surface area contributed by atoms with Gasteiger partial charge in [-0.05, 0) is 58.9 Å². The van der Waals surface area contributed by atoms with E-state index >= 15 is 0 Å². The molecule has 0 aromatic carbocycles. The Hall–Kier alpha value is -0.0800. The molecule has 1 saturated heterocycles. The van der Waals surface area contributed by atoms with Gasteiger partial charge in [-0.25, -0.2) is 0 Å². The van der Waals surface area contributed by atoms with E-state index in [4.69, 9.17) is 0 Å². The fraction of sp³-hybridized carbons (Fsp3) is 1.00. The van der Waals surface area contributed by atoms with Gasteiger partial charge in [0.15, 0.2) is 0 Å². The van der Waals surface area contributed by atoms with Gasteiger partial charge in [-0.15, -0.1) is 0 Å². The third kappa shape index (κ3) is 4.10. The molecule has 1 aliphatic rings. The van der Waals surface area contributed by atoms with Gasteiger partial charge in [0.05, 0.1) is 0 Å². The van der Waals surface area contributed by atoms with Gasteiger partial charge in [-0.1, -0.05) is 6.92 Å². The number of rotatable bonds is 4. The molecule has 2 nitrogen and oxygen atoms in total. The molecule has 1 fully saturated rings. The molecule has 1 rings (SSSR count). The molecule has 0 aliphatic carbocycles. The first-order chi connectivity index (χ1) is 6.22. The summed E-state index contributed by atoms with van der Waals surface area (Å²) in [5, 5.41) is 0. The Kier molecular flexibility index (Phi) is 4.74. The van der Waals surface area contributed by atoms with Crippen LogP contribution in [0, 0.1) is 5.92 Å². The third-order valence-electron chi connectivity index (χ3n) is 3.03. The molecule has 0 unspecified atom stereocenters. The van der Waals surface area contributed by atoms with E-state index in [1.165, 1.54) is 45.4 Å². The van der Waals surface area contributed by atoms with Gasteiger partial charge >= 0.3 is 0 Å². The van der Waals surface area contributed by atoms with Crippen LogP contribution in [0.25, 0.3) is 0 Å². The minimum Gasteiger partial charge on any atom is -0.309 e. The van der Waals surface area contributed by atoms with E-state index in [1.807, 2.05) is 0 Å². The monoisotopic (exact) mass is 184 g/mol. The molecule has 0 aromatic heterocycles. The number of likely N-dealkylation sites (tertiary alicyclic amines) is 1. The van der Waals surface area contributed by atoms with Gasteiger partial charge in [0.2, 0.25) is 0 Å². The number of hydrogen-bond acceptors (Lipinski definition) is 2. The fourth-order valence-corrected chi connectivity index (χ4v) is 2.11. The topological polar surface area (TPSA) is 6.48 Å². The summed E-state index contributed by atoms with van der Waals surface area (Å²) < 4.78 is 0. The van der Waals surface area contributed by atoms with Crippen molar-refractivity contribution in [3.05, 3.63) is 0 Å². The summed E-state index contributed by atoms with van der Waals surface area (Å²) in [6.45, 7) is 7.42. The van der Waals surface area contributed by atoms with Crippen LogP contribution in [0.1, 0.15) is 26.2 Å². The number of nitrogens with zero attached hydrogens (tertiary/aromatic N) is 2. The first-order valence-electron chi connectivity index (χ1n) is 5.59. The molecule has 1 aliphatic heterocycles. The SMILES string of the molecule is CCN1CCC[C@@H](CCN(C)C)C1. The fourth-order valence-electron chi connectivity index (χ4n) is 2.11. The van der Waals surface area contributed by atoms with Crippen molar-refractivity contribution in [3.63, 3.8) is 0 Å². The van der Waals surface area contributed by atoms with Crippen molar-refractivity contribution in [1.29, 1.82) is 0 Å². The molecule has 0 bridgehead atoms. The zero-order chi connectivity index (χ0) is 9.68. The van der Waals surface area contributed by atoms with Crippen molar-refractivity contribution in [2.75, 3.05) is 40.3 Å². The average molecular weight is 184 g/mol. The summed E-state index contributed by atoms with van der Waals surface area (Å²) in [4.78, 5) is 4.88. The molecule has 0 radical (unpaired) electrons. The standard InChI is InChI=1S/C11H24N2/c1-4-13-8-5-6-11(10-13)7-9-12(2)3/h11H,4-10H2,1-3H3/t11-/m0/s1. The summed E-state index contributed by atoms with van der Waals surface area (Å²) in [5.41, 5.74) is 0. The molecule has 13 heavy (non-hydrogen) atoms. The molecule has 0 amide bonds. The number of hydrogen-bond donors (Lipinski definition) is 0. The van der Waals surface area contributed by atoms with Gasteiger partial charge in [-0.2, -0.15) is 0 Å². The molecule has 2 heteroatoms. The van der Waals surface area contributed by atoms with Crippen LogP contribution in [0.2, 0.25) is 0 Å². The van der Waals surface area contributed by atoms with Crippen molar-refractivity contribution in [2.24, 2.45) is 5.92 Å². The zero-order valence-corrected chi connectivity index (χ0v) is 9.42. The highest BCUT2D eigenvalue weighted by molar-refractivity contribution is 4.72. The molecule has 0 saturated carbocycles. The highest BCUT2D eigenvalue weighted by Crippen LogP contribution is 2.19. The minimum absolute atomic E-state index is 0.955. The lowest BCUT2D eigenvalue weighted by Crippen LogP contribution is -2.36. The Balaban J connectivity index is 2.18. The Bertz CT molecular complexity index is 134. The van der Waals surface area contributed by atoms with E-state index in [1.54, 1.807) is 0 Å². The maximum absolute atomic E-state index is 2.59. The van der Waals surface area contributed by atoms with Crippen LogP contribution in [0.4, 0.5) is 0 Å². The molecule has 78 valence electrons. The normalized spacial score (nSPS) is 25.4. The highest BCUT2D eigenvalue weighted by Gasteiger charge is 2.18. The van der Waals surface area contributed by atoms with E-state index < -0.39 is 0 Å². The summed E-state index contributed by atoms with van der Waals surface area (Å²) in [6.07, 6.45) is 4.24. The summed E-state index contributed by atoms with van der Waals surface area (Å²) >= 11 is 0. The largest absolute Gasteiger partial charge is 0.309 e. The van der Waals surface area contributed by atoms with E-state index in [2.05, 4.69) is 30.8 Å². The zero-order valence-electron chi connectivity index (χ0n) is 9.42. The van der Waals surface area contributed by atoms with Gasteiger partial charge in [0.1, 0.15) is 0 Å².